The topological polar surface area (TPSA) is 50.7 Å². The van der Waals surface area contributed by atoms with Crippen LogP contribution in [0.25, 0.3) is 0 Å². The highest BCUT2D eigenvalue weighted by molar-refractivity contribution is 6.37. The Hall–Kier alpha value is -2.04. The number of halogens is 2. The van der Waals surface area contributed by atoms with E-state index in [9.17, 15) is 4.79 Å². The lowest BCUT2D eigenvalue weighted by Crippen LogP contribution is -2.17. The van der Waals surface area contributed by atoms with Gasteiger partial charge >= 0.3 is 0 Å². The highest BCUT2D eigenvalue weighted by Gasteiger charge is 2.08. The average molecular weight is 337 g/mol. The molecule has 114 valence electrons. The van der Waals surface area contributed by atoms with E-state index in [1.165, 1.54) is 6.21 Å². The largest absolute Gasteiger partial charge is 0.491 e. The first-order chi connectivity index (χ1) is 10.6. The third-order valence-electron chi connectivity index (χ3n) is 2.72. The van der Waals surface area contributed by atoms with E-state index in [-0.39, 0.29) is 5.91 Å². The van der Waals surface area contributed by atoms with Crippen molar-refractivity contribution in [3.05, 3.63) is 63.6 Å². The Morgan fingerprint density at radius 2 is 1.86 bits per heavy atom. The van der Waals surface area contributed by atoms with Gasteiger partial charge in [-0.3, -0.25) is 4.79 Å². The number of nitrogens with zero attached hydrogens (tertiary/aromatic N) is 1. The SMILES string of the molecule is CCOc1c(Cl)cc(/C=N/NC(=O)c2ccccc2)cc1Cl. The van der Waals surface area contributed by atoms with E-state index in [0.29, 0.717) is 33.5 Å². The molecule has 2 rings (SSSR count). The van der Waals surface area contributed by atoms with Crippen molar-refractivity contribution in [3.63, 3.8) is 0 Å². The van der Waals surface area contributed by atoms with Gasteiger partial charge in [-0.05, 0) is 36.8 Å². The van der Waals surface area contributed by atoms with E-state index in [1.807, 2.05) is 13.0 Å². The minimum atomic E-state index is -0.292. The number of amides is 1. The van der Waals surface area contributed by atoms with Crippen LogP contribution in [0.3, 0.4) is 0 Å². The lowest BCUT2D eigenvalue weighted by Gasteiger charge is -2.08. The molecule has 22 heavy (non-hydrogen) atoms. The summed E-state index contributed by atoms with van der Waals surface area (Å²) in [6.07, 6.45) is 1.47. The van der Waals surface area contributed by atoms with Crippen LogP contribution in [-0.4, -0.2) is 18.7 Å². The standard InChI is InChI=1S/C16H14Cl2N2O2/c1-2-22-15-13(17)8-11(9-14(15)18)10-19-20-16(21)12-6-4-3-5-7-12/h3-10H,2H2,1H3,(H,20,21)/b19-10+. The van der Waals surface area contributed by atoms with Crippen molar-refractivity contribution in [3.8, 4) is 5.75 Å². The second-order valence-electron chi connectivity index (χ2n) is 4.31. The number of ether oxygens (including phenoxy) is 1. The highest BCUT2D eigenvalue weighted by Crippen LogP contribution is 2.33. The smallest absolute Gasteiger partial charge is 0.271 e. The predicted octanol–water partition coefficient (Wildman–Crippen LogP) is 4.16. The maximum Gasteiger partial charge on any atom is 0.271 e. The summed E-state index contributed by atoms with van der Waals surface area (Å²) in [4.78, 5) is 11.8. The number of hydrogen-bond acceptors (Lipinski definition) is 3. The van der Waals surface area contributed by atoms with Crippen LogP contribution in [0.15, 0.2) is 47.6 Å². The molecule has 0 radical (unpaired) electrons. The first-order valence-electron chi connectivity index (χ1n) is 6.62. The molecule has 0 spiro atoms. The third-order valence-corrected chi connectivity index (χ3v) is 3.29. The lowest BCUT2D eigenvalue weighted by molar-refractivity contribution is 0.0955. The summed E-state index contributed by atoms with van der Waals surface area (Å²) in [5.74, 6) is 0.149. The normalized spacial score (nSPS) is 10.7. The second-order valence-corrected chi connectivity index (χ2v) is 5.13. The molecule has 6 heteroatoms. The monoisotopic (exact) mass is 336 g/mol. The molecule has 2 aromatic carbocycles. The van der Waals surface area contributed by atoms with Crippen LogP contribution in [-0.2, 0) is 0 Å². The minimum absolute atomic E-state index is 0.292. The quantitative estimate of drug-likeness (QED) is 0.658. The van der Waals surface area contributed by atoms with Gasteiger partial charge in [0.05, 0.1) is 22.9 Å². The molecular formula is C16H14Cl2N2O2. The number of hydrazone groups is 1. The molecule has 1 N–H and O–H groups in total. The first kappa shape index (κ1) is 16.3. The van der Waals surface area contributed by atoms with E-state index in [0.717, 1.165) is 0 Å². The molecule has 0 unspecified atom stereocenters. The minimum Gasteiger partial charge on any atom is -0.491 e. The average Bonchev–Trinajstić information content (AvgIpc) is 2.51. The van der Waals surface area contributed by atoms with E-state index in [2.05, 4.69) is 10.5 Å². The molecule has 2 aromatic rings. The van der Waals surface area contributed by atoms with Crippen LogP contribution in [0.5, 0.6) is 5.75 Å². The Bertz CT molecular complexity index is 665. The van der Waals surface area contributed by atoms with Crippen molar-refractivity contribution >= 4 is 35.3 Å². The molecular weight excluding hydrogens is 323 g/mol. The number of rotatable bonds is 5. The zero-order chi connectivity index (χ0) is 15.9. The van der Waals surface area contributed by atoms with Crippen LogP contribution in [0.1, 0.15) is 22.8 Å². The van der Waals surface area contributed by atoms with Crippen LogP contribution in [0.4, 0.5) is 0 Å². The Kier molecular flexibility index (Phi) is 5.81. The van der Waals surface area contributed by atoms with Crippen LogP contribution in [0, 0.1) is 0 Å². The molecule has 0 atom stereocenters. The van der Waals surface area contributed by atoms with Gasteiger partial charge in [0.25, 0.3) is 5.91 Å². The summed E-state index contributed by atoms with van der Waals surface area (Å²) in [6, 6.07) is 12.1. The van der Waals surface area contributed by atoms with E-state index in [4.69, 9.17) is 27.9 Å². The molecule has 0 heterocycles. The Morgan fingerprint density at radius 1 is 1.23 bits per heavy atom. The molecule has 1 amide bonds. The molecule has 0 fully saturated rings. The van der Waals surface area contributed by atoms with Gasteiger partial charge in [0.15, 0.2) is 5.75 Å². The Balaban J connectivity index is 2.06. The predicted molar refractivity (Wildman–Crippen MR) is 89.1 cm³/mol. The molecule has 4 nitrogen and oxygen atoms in total. The summed E-state index contributed by atoms with van der Waals surface area (Å²) in [7, 11) is 0. The fraction of sp³-hybridized carbons (Fsp3) is 0.125. The van der Waals surface area contributed by atoms with Crippen molar-refractivity contribution in [1.29, 1.82) is 0 Å². The molecule has 0 aliphatic heterocycles. The van der Waals surface area contributed by atoms with Crippen LogP contribution in [0.2, 0.25) is 10.0 Å². The van der Waals surface area contributed by atoms with Crippen molar-refractivity contribution < 1.29 is 9.53 Å². The van der Waals surface area contributed by atoms with E-state index >= 15 is 0 Å². The van der Waals surface area contributed by atoms with Gasteiger partial charge < -0.3 is 4.74 Å². The summed E-state index contributed by atoms with van der Waals surface area (Å²) in [5.41, 5.74) is 3.63. The molecule has 0 aromatic heterocycles. The van der Waals surface area contributed by atoms with Gasteiger partial charge in [-0.2, -0.15) is 5.10 Å². The van der Waals surface area contributed by atoms with Crippen LogP contribution < -0.4 is 10.2 Å². The number of hydrogen-bond donors (Lipinski definition) is 1. The van der Waals surface area contributed by atoms with Gasteiger partial charge in [0.1, 0.15) is 0 Å². The summed E-state index contributed by atoms with van der Waals surface area (Å²) < 4.78 is 5.34. The van der Waals surface area contributed by atoms with Crippen molar-refractivity contribution in [2.75, 3.05) is 6.61 Å². The van der Waals surface area contributed by atoms with Gasteiger partial charge in [-0.25, -0.2) is 5.43 Å². The van der Waals surface area contributed by atoms with Crippen molar-refractivity contribution in [2.24, 2.45) is 5.10 Å². The third kappa shape index (κ3) is 4.23. The number of carbonyl (C=O) groups excluding carboxylic acids is 1. The fourth-order valence-electron chi connectivity index (χ4n) is 1.76. The molecule has 0 aliphatic rings. The van der Waals surface area contributed by atoms with E-state index in [1.54, 1.807) is 36.4 Å². The number of nitrogens with one attached hydrogen (secondary N) is 1. The zero-order valence-corrected chi connectivity index (χ0v) is 13.4. The van der Waals surface area contributed by atoms with Gasteiger partial charge in [-0.15, -0.1) is 0 Å². The van der Waals surface area contributed by atoms with Crippen molar-refractivity contribution in [2.45, 2.75) is 6.92 Å². The number of carbonyl (C=O) groups is 1. The molecule has 0 bridgehead atoms. The Labute approximate surface area is 138 Å². The van der Waals surface area contributed by atoms with Crippen molar-refractivity contribution in [1.82, 2.24) is 5.43 Å². The fourth-order valence-corrected chi connectivity index (χ4v) is 2.37. The van der Waals surface area contributed by atoms with Crippen LogP contribution >= 0.6 is 23.2 Å². The van der Waals surface area contributed by atoms with E-state index < -0.39 is 0 Å². The maximum absolute atomic E-state index is 11.8. The zero-order valence-electron chi connectivity index (χ0n) is 11.8. The number of benzene rings is 2. The summed E-state index contributed by atoms with van der Waals surface area (Å²) in [5, 5.41) is 4.68. The first-order valence-corrected chi connectivity index (χ1v) is 7.37. The summed E-state index contributed by atoms with van der Waals surface area (Å²) >= 11 is 12.2. The lowest BCUT2D eigenvalue weighted by atomic mass is 10.2. The summed E-state index contributed by atoms with van der Waals surface area (Å²) in [6.45, 7) is 2.32. The Morgan fingerprint density at radius 3 is 2.45 bits per heavy atom. The maximum atomic E-state index is 11.8. The van der Waals surface area contributed by atoms with Gasteiger partial charge in [0.2, 0.25) is 0 Å². The second kappa shape index (κ2) is 7.82. The molecule has 0 saturated heterocycles. The van der Waals surface area contributed by atoms with Gasteiger partial charge in [0, 0.05) is 5.56 Å². The van der Waals surface area contributed by atoms with Gasteiger partial charge in [-0.1, -0.05) is 41.4 Å². The molecule has 0 saturated carbocycles. The highest BCUT2D eigenvalue weighted by atomic mass is 35.5. The molecule has 0 aliphatic carbocycles.